The molecule has 0 saturated carbocycles. The van der Waals surface area contributed by atoms with Crippen molar-refractivity contribution in [3.8, 4) is 5.69 Å². The molecule has 0 atom stereocenters. The van der Waals surface area contributed by atoms with E-state index < -0.39 is 71.6 Å². The molecule has 184 valence electrons. The number of hydrogen-bond donors (Lipinski definition) is 1. The van der Waals surface area contributed by atoms with Crippen LogP contribution in [0.3, 0.4) is 0 Å². The predicted molar refractivity (Wildman–Crippen MR) is 97.6 cm³/mol. The highest BCUT2D eigenvalue weighted by atomic mass is 35.5. The fourth-order valence-electron chi connectivity index (χ4n) is 2.68. The molecule has 2 aromatic heterocycles. The molecule has 0 fully saturated rings. The van der Waals surface area contributed by atoms with E-state index in [0.29, 0.717) is 4.68 Å². The highest BCUT2D eigenvalue weighted by Crippen LogP contribution is 3.02. The van der Waals surface area contributed by atoms with Crippen LogP contribution in [0.15, 0.2) is 17.0 Å². The molecule has 3 rings (SSSR count). The third kappa shape index (κ3) is 4.70. The zero-order valence-corrected chi connectivity index (χ0v) is 17.6. The summed E-state index contributed by atoms with van der Waals surface area (Å²) in [5.41, 5.74) is -4.10. The van der Waals surface area contributed by atoms with Crippen LogP contribution in [0.25, 0.3) is 16.7 Å². The van der Waals surface area contributed by atoms with E-state index in [9.17, 15) is 45.8 Å². The van der Waals surface area contributed by atoms with Gasteiger partial charge in [-0.15, -0.1) is 5.10 Å². The van der Waals surface area contributed by atoms with Crippen molar-refractivity contribution in [3.63, 3.8) is 0 Å². The summed E-state index contributed by atoms with van der Waals surface area (Å²) >= 11 is 11.3. The second kappa shape index (κ2) is 6.65. The van der Waals surface area contributed by atoms with Crippen LogP contribution in [-0.2, 0) is 12.4 Å². The quantitative estimate of drug-likeness (QED) is 0.334. The van der Waals surface area contributed by atoms with Crippen LogP contribution in [0.5, 0.6) is 0 Å². The molecule has 0 radical (unpaired) electrons. The summed E-state index contributed by atoms with van der Waals surface area (Å²) < 4.78 is 145. The molecule has 0 unspecified atom stereocenters. The first-order valence-electron chi connectivity index (χ1n) is 7.91. The Labute approximate surface area is 185 Å². The summed E-state index contributed by atoms with van der Waals surface area (Å²) in [5, 5.41) is 2.19. The molecule has 5 nitrogen and oxygen atoms in total. The maximum atomic E-state index is 13.5. The third-order valence-corrected chi connectivity index (χ3v) is 5.64. The summed E-state index contributed by atoms with van der Waals surface area (Å²) in [6, 6.07) is -0.485. The van der Waals surface area contributed by atoms with Gasteiger partial charge in [0.15, 0.2) is 11.3 Å². The average molecular weight is 556 g/mol. The summed E-state index contributed by atoms with van der Waals surface area (Å²) in [6.07, 6.45) is -10.9. The van der Waals surface area contributed by atoms with E-state index in [-0.39, 0.29) is 12.1 Å². The molecule has 0 bridgehead atoms. The lowest BCUT2D eigenvalue weighted by Crippen LogP contribution is -2.17. The zero-order chi connectivity index (χ0) is 25.4. The molecule has 2 heterocycles. The van der Waals surface area contributed by atoms with Crippen molar-refractivity contribution >= 4 is 50.3 Å². The maximum Gasteiger partial charge on any atom is 0.451 e. The van der Waals surface area contributed by atoms with E-state index in [4.69, 9.17) is 23.2 Å². The highest BCUT2D eigenvalue weighted by molar-refractivity contribution is 8.45. The number of aromatic nitrogens is 4. The lowest BCUT2D eigenvalue weighted by molar-refractivity contribution is -0.151. The van der Waals surface area contributed by atoms with Crippen molar-refractivity contribution in [1.29, 1.82) is 0 Å². The maximum absolute atomic E-state index is 13.5. The Balaban J connectivity index is 2.43. The normalized spacial score (nSPS) is 15.5. The first-order chi connectivity index (χ1) is 14.5. The molecule has 33 heavy (non-hydrogen) atoms. The monoisotopic (exact) mass is 555 g/mol. The summed E-state index contributed by atoms with van der Waals surface area (Å²) in [4.78, 5) is 2.92. The van der Waals surface area contributed by atoms with Crippen LogP contribution in [0.2, 0.25) is 10.0 Å². The van der Waals surface area contributed by atoms with Crippen LogP contribution in [0, 0.1) is 0 Å². The van der Waals surface area contributed by atoms with Crippen molar-refractivity contribution in [3.05, 3.63) is 33.7 Å². The molecule has 3 aromatic rings. The number of anilines is 1. The molecular weight excluding hydrogens is 550 g/mol. The average Bonchev–Trinajstić information content (AvgIpc) is 2.94. The van der Waals surface area contributed by atoms with E-state index in [1.807, 2.05) is 0 Å². The fraction of sp³-hybridized carbons (Fsp3) is 0.214. The van der Waals surface area contributed by atoms with Crippen molar-refractivity contribution in [2.24, 2.45) is 0 Å². The van der Waals surface area contributed by atoms with Gasteiger partial charge in [-0.05, 0) is 12.1 Å². The summed E-state index contributed by atoms with van der Waals surface area (Å²) in [6.45, 7) is 0. The highest BCUT2D eigenvalue weighted by Gasteiger charge is 2.65. The summed E-state index contributed by atoms with van der Waals surface area (Å²) in [5.74, 6) is -2.99. The van der Waals surface area contributed by atoms with E-state index in [1.54, 1.807) is 0 Å². The Bertz CT molecular complexity index is 1260. The van der Waals surface area contributed by atoms with Gasteiger partial charge >= 0.3 is 22.6 Å². The van der Waals surface area contributed by atoms with Crippen molar-refractivity contribution in [2.75, 3.05) is 12.4 Å². The van der Waals surface area contributed by atoms with Gasteiger partial charge in [0, 0.05) is 7.05 Å². The Kier molecular flexibility index (Phi) is 5.11. The Morgan fingerprint density at radius 2 is 1.39 bits per heavy atom. The van der Waals surface area contributed by atoms with E-state index in [2.05, 4.69) is 20.4 Å². The van der Waals surface area contributed by atoms with Gasteiger partial charge in [0.2, 0.25) is 5.82 Å². The van der Waals surface area contributed by atoms with Gasteiger partial charge in [-0.2, -0.15) is 26.3 Å². The standard InChI is InChI=1S/C14H6Cl2F11N5S/c1-28-11-7-9(13(17,18)19)29-12(14(20,21)22)30-10(7)31-32(11)8-5(15)2-4(3-6(8)16)33(23,24,25,26)27/h2-3,28H,1H3. The number of nitrogens with zero attached hydrogens (tertiary/aromatic N) is 4. The number of fused-ring (bicyclic) bond motifs is 1. The SMILES string of the molecule is CNc1c2c(C(F)(F)F)nc(C(F)(F)F)nc2nn1-c1c(Cl)cc(S(F)(F)(F)(F)F)cc1Cl. The topological polar surface area (TPSA) is 55.6 Å². The Hall–Kier alpha value is -2.27. The molecule has 0 amide bonds. The molecule has 0 aliphatic heterocycles. The van der Waals surface area contributed by atoms with E-state index in [1.165, 1.54) is 0 Å². The lowest BCUT2D eigenvalue weighted by atomic mass is 10.2. The smallest absolute Gasteiger partial charge is 0.372 e. The minimum atomic E-state index is -10.3. The molecule has 0 saturated heterocycles. The van der Waals surface area contributed by atoms with Crippen LogP contribution in [0.1, 0.15) is 11.5 Å². The molecule has 0 aliphatic carbocycles. The summed E-state index contributed by atoms with van der Waals surface area (Å²) in [7, 11) is -9.28. The molecule has 19 heteroatoms. The van der Waals surface area contributed by atoms with Crippen molar-refractivity contribution < 1.29 is 45.8 Å². The first kappa shape index (κ1) is 25.4. The van der Waals surface area contributed by atoms with Gasteiger partial charge in [0.25, 0.3) is 0 Å². The van der Waals surface area contributed by atoms with Gasteiger partial charge in [0.1, 0.15) is 16.4 Å². The first-order valence-corrected chi connectivity index (χ1v) is 10.6. The molecular formula is C14H6Cl2F11N5S. The number of alkyl halides is 6. The fourth-order valence-corrected chi connectivity index (χ4v) is 4.14. The molecule has 0 aliphatic rings. The van der Waals surface area contributed by atoms with E-state index in [0.717, 1.165) is 7.05 Å². The van der Waals surface area contributed by atoms with Crippen LogP contribution in [-0.4, -0.2) is 26.8 Å². The largest absolute Gasteiger partial charge is 0.451 e. The zero-order valence-electron chi connectivity index (χ0n) is 15.3. The van der Waals surface area contributed by atoms with Gasteiger partial charge in [0.05, 0.1) is 15.4 Å². The second-order valence-electron chi connectivity index (χ2n) is 6.30. The Morgan fingerprint density at radius 3 is 1.79 bits per heavy atom. The van der Waals surface area contributed by atoms with Crippen LogP contribution < -0.4 is 5.32 Å². The molecule has 1 N–H and O–H groups in total. The van der Waals surface area contributed by atoms with Crippen LogP contribution in [0.4, 0.5) is 51.6 Å². The number of halogens is 13. The predicted octanol–water partition coefficient (Wildman–Crippen LogP) is 7.86. The molecule has 1 aromatic carbocycles. The molecule has 0 spiro atoms. The minimum Gasteiger partial charge on any atom is -0.372 e. The lowest BCUT2D eigenvalue weighted by Gasteiger charge is -2.40. The number of hydrogen-bond acceptors (Lipinski definition) is 4. The van der Waals surface area contributed by atoms with Gasteiger partial charge < -0.3 is 5.32 Å². The van der Waals surface area contributed by atoms with Gasteiger partial charge in [-0.3, -0.25) is 0 Å². The number of nitrogens with one attached hydrogen (secondary N) is 1. The van der Waals surface area contributed by atoms with E-state index >= 15 is 0 Å². The van der Waals surface area contributed by atoms with Gasteiger partial charge in [-0.25, -0.2) is 14.6 Å². The second-order valence-corrected chi connectivity index (χ2v) is 9.53. The number of rotatable bonds is 3. The van der Waals surface area contributed by atoms with Gasteiger partial charge in [-0.1, -0.05) is 42.6 Å². The number of benzene rings is 1. The van der Waals surface area contributed by atoms with Crippen LogP contribution >= 0.6 is 33.4 Å². The minimum absolute atomic E-state index is 0.242. The Morgan fingerprint density at radius 1 is 0.879 bits per heavy atom. The van der Waals surface area contributed by atoms with Crippen molar-refractivity contribution in [1.82, 2.24) is 19.7 Å². The van der Waals surface area contributed by atoms with Crippen molar-refractivity contribution in [2.45, 2.75) is 17.2 Å². The third-order valence-electron chi connectivity index (χ3n) is 3.94.